The number of hydrogen-bond acceptors (Lipinski definition) is 3. The van der Waals surface area contributed by atoms with Gasteiger partial charge >= 0.3 is 6.61 Å². The summed E-state index contributed by atoms with van der Waals surface area (Å²) in [5.74, 6) is 0.119. The minimum absolute atomic E-state index is 0.119. The van der Waals surface area contributed by atoms with Crippen molar-refractivity contribution in [3.05, 3.63) is 46.2 Å². The quantitative estimate of drug-likeness (QED) is 0.810. The average Bonchev–Trinajstić information content (AvgIpc) is 2.86. The van der Waals surface area contributed by atoms with Gasteiger partial charge in [-0.1, -0.05) is 0 Å². The van der Waals surface area contributed by atoms with Crippen LogP contribution in [-0.4, -0.2) is 23.7 Å². The van der Waals surface area contributed by atoms with E-state index in [-0.39, 0.29) is 5.75 Å². The van der Waals surface area contributed by atoms with Crippen molar-refractivity contribution in [2.45, 2.75) is 20.1 Å². The Kier molecular flexibility index (Phi) is 5.68. The lowest BCUT2D eigenvalue weighted by molar-refractivity contribution is -0.0498. The number of anilines is 1. The molecule has 0 aliphatic carbocycles. The maximum absolute atomic E-state index is 12.1. The van der Waals surface area contributed by atoms with Gasteiger partial charge in [0.25, 0.3) is 0 Å². The number of aryl methyl sites for hydroxylation is 1. The Morgan fingerprint density at radius 1 is 1.32 bits per heavy atom. The number of thiophene rings is 1. The summed E-state index contributed by atoms with van der Waals surface area (Å²) in [6.07, 6.45) is 0. The molecule has 0 saturated carbocycles. The summed E-state index contributed by atoms with van der Waals surface area (Å²) in [5.41, 5.74) is 1.97. The van der Waals surface area contributed by atoms with Gasteiger partial charge in [-0.2, -0.15) is 8.78 Å². The Labute approximate surface area is 137 Å². The predicted octanol–water partition coefficient (Wildman–Crippen LogP) is 4.49. The van der Waals surface area contributed by atoms with Crippen molar-refractivity contribution in [3.63, 3.8) is 0 Å². The molecule has 1 aromatic carbocycles. The first-order chi connectivity index (χ1) is 10.5. The van der Waals surface area contributed by atoms with E-state index < -0.39 is 6.61 Å². The third kappa shape index (κ3) is 4.64. The summed E-state index contributed by atoms with van der Waals surface area (Å²) in [7, 11) is 1.91. The van der Waals surface area contributed by atoms with Gasteiger partial charge in [-0.05, 0) is 60.4 Å². The molecule has 0 atom stereocenters. The number of thiocarbonyl (C=S) groups is 1. The summed E-state index contributed by atoms with van der Waals surface area (Å²) in [6, 6.07) is 8.32. The third-order valence-electron chi connectivity index (χ3n) is 3.03. The lowest BCUT2D eigenvalue weighted by Crippen LogP contribution is -2.30. The highest BCUT2D eigenvalue weighted by Gasteiger charge is 2.09. The molecule has 0 bridgehead atoms. The molecule has 0 unspecified atom stereocenters. The molecule has 0 fully saturated rings. The van der Waals surface area contributed by atoms with Crippen LogP contribution >= 0.6 is 23.6 Å². The molecule has 22 heavy (non-hydrogen) atoms. The van der Waals surface area contributed by atoms with E-state index in [1.54, 1.807) is 23.5 Å². The molecule has 3 nitrogen and oxygen atoms in total. The van der Waals surface area contributed by atoms with Crippen LogP contribution in [-0.2, 0) is 6.54 Å². The van der Waals surface area contributed by atoms with Crippen LogP contribution in [0.5, 0.6) is 5.75 Å². The van der Waals surface area contributed by atoms with E-state index in [1.165, 1.54) is 22.6 Å². The van der Waals surface area contributed by atoms with Gasteiger partial charge in [0.15, 0.2) is 5.11 Å². The highest BCUT2D eigenvalue weighted by atomic mass is 32.1. The Morgan fingerprint density at radius 3 is 2.55 bits per heavy atom. The fourth-order valence-electron chi connectivity index (χ4n) is 1.79. The molecule has 0 amide bonds. The molecular weight excluding hydrogens is 326 g/mol. The van der Waals surface area contributed by atoms with E-state index >= 15 is 0 Å². The Hall–Kier alpha value is -1.73. The van der Waals surface area contributed by atoms with Gasteiger partial charge in [0.1, 0.15) is 5.75 Å². The largest absolute Gasteiger partial charge is 0.435 e. The number of alkyl halides is 2. The molecule has 118 valence electrons. The first kappa shape index (κ1) is 16.6. The van der Waals surface area contributed by atoms with Crippen LogP contribution in [0.15, 0.2) is 35.7 Å². The predicted molar refractivity (Wildman–Crippen MR) is 89.8 cm³/mol. The fraction of sp³-hybridized carbons (Fsp3) is 0.267. The molecule has 0 aliphatic rings. The molecule has 0 saturated heterocycles. The van der Waals surface area contributed by atoms with Crippen LogP contribution in [0.4, 0.5) is 14.5 Å². The zero-order chi connectivity index (χ0) is 16.1. The third-order valence-corrected chi connectivity index (χ3v) is 4.45. The number of rotatable bonds is 5. The number of hydrogen-bond donors (Lipinski definition) is 1. The summed E-state index contributed by atoms with van der Waals surface area (Å²) in [4.78, 5) is 3.19. The van der Waals surface area contributed by atoms with E-state index in [0.29, 0.717) is 5.11 Å². The number of benzene rings is 1. The van der Waals surface area contributed by atoms with Crippen LogP contribution in [0.25, 0.3) is 0 Å². The highest BCUT2D eigenvalue weighted by molar-refractivity contribution is 7.80. The van der Waals surface area contributed by atoms with Gasteiger partial charge in [-0.15, -0.1) is 11.3 Å². The second-order valence-corrected chi connectivity index (χ2v) is 6.10. The minimum Gasteiger partial charge on any atom is -0.435 e. The van der Waals surface area contributed by atoms with Gasteiger partial charge < -0.3 is 15.0 Å². The second-order valence-electron chi connectivity index (χ2n) is 4.72. The molecule has 1 heterocycles. The standard InChI is InChI=1S/C15H16F2N2OS2/c1-10-7-8-22-13(10)9-19(2)15(21)18-11-3-5-12(6-4-11)20-14(16)17/h3-8,14H,9H2,1-2H3,(H,18,21). The van der Waals surface area contributed by atoms with Crippen molar-refractivity contribution in [2.24, 2.45) is 0 Å². The molecule has 0 aliphatic heterocycles. The van der Waals surface area contributed by atoms with Crippen LogP contribution in [0.2, 0.25) is 0 Å². The summed E-state index contributed by atoms with van der Waals surface area (Å²) < 4.78 is 28.5. The minimum atomic E-state index is -2.82. The van der Waals surface area contributed by atoms with E-state index in [0.717, 1.165) is 12.2 Å². The highest BCUT2D eigenvalue weighted by Crippen LogP contribution is 2.20. The SMILES string of the molecule is Cc1ccsc1CN(C)C(=S)Nc1ccc(OC(F)F)cc1. The van der Waals surface area contributed by atoms with E-state index in [2.05, 4.69) is 28.4 Å². The summed E-state index contributed by atoms with van der Waals surface area (Å²) in [5, 5.41) is 5.69. The Morgan fingerprint density at radius 2 is 2.00 bits per heavy atom. The van der Waals surface area contributed by atoms with Gasteiger partial charge in [0, 0.05) is 17.6 Å². The average molecular weight is 342 g/mol. The molecule has 1 N–H and O–H groups in total. The summed E-state index contributed by atoms with van der Waals surface area (Å²) >= 11 is 7.04. The normalized spacial score (nSPS) is 10.6. The zero-order valence-electron chi connectivity index (χ0n) is 12.2. The summed E-state index contributed by atoms with van der Waals surface area (Å²) in [6.45, 7) is -0.0279. The van der Waals surface area contributed by atoms with Gasteiger partial charge in [-0.25, -0.2) is 0 Å². The van der Waals surface area contributed by atoms with Crippen molar-refractivity contribution < 1.29 is 13.5 Å². The lowest BCUT2D eigenvalue weighted by Gasteiger charge is -2.21. The second kappa shape index (κ2) is 7.51. The number of nitrogens with zero attached hydrogens (tertiary/aromatic N) is 1. The number of ether oxygens (including phenoxy) is 1. The smallest absolute Gasteiger partial charge is 0.387 e. The van der Waals surface area contributed by atoms with Crippen molar-refractivity contribution in [1.82, 2.24) is 4.90 Å². The number of halogens is 2. The zero-order valence-corrected chi connectivity index (χ0v) is 13.8. The fourth-order valence-corrected chi connectivity index (χ4v) is 2.93. The van der Waals surface area contributed by atoms with E-state index in [4.69, 9.17) is 12.2 Å². The number of nitrogens with one attached hydrogen (secondary N) is 1. The topological polar surface area (TPSA) is 24.5 Å². The molecule has 0 radical (unpaired) electrons. The molecule has 7 heteroatoms. The molecular formula is C15H16F2N2OS2. The van der Waals surface area contributed by atoms with Crippen molar-refractivity contribution >= 4 is 34.4 Å². The molecule has 1 aromatic heterocycles. The maximum atomic E-state index is 12.1. The molecule has 0 spiro atoms. The molecule has 2 aromatic rings. The van der Waals surface area contributed by atoms with Gasteiger partial charge in [0.2, 0.25) is 0 Å². The van der Waals surface area contributed by atoms with Crippen LogP contribution in [0.3, 0.4) is 0 Å². The first-order valence-corrected chi connectivity index (χ1v) is 7.84. The van der Waals surface area contributed by atoms with Gasteiger partial charge in [0.05, 0.1) is 6.54 Å². The maximum Gasteiger partial charge on any atom is 0.387 e. The lowest BCUT2D eigenvalue weighted by atomic mass is 10.3. The van der Waals surface area contributed by atoms with Crippen molar-refractivity contribution in [1.29, 1.82) is 0 Å². The van der Waals surface area contributed by atoms with Gasteiger partial charge in [-0.3, -0.25) is 0 Å². The monoisotopic (exact) mass is 342 g/mol. The van der Waals surface area contributed by atoms with Crippen molar-refractivity contribution in [3.8, 4) is 5.75 Å². The Balaban J connectivity index is 1.92. The Bertz CT molecular complexity index is 629. The van der Waals surface area contributed by atoms with E-state index in [1.807, 2.05) is 11.9 Å². The molecule has 2 rings (SSSR count). The van der Waals surface area contributed by atoms with Crippen LogP contribution < -0.4 is 10.1 Å². The van der Waals surface area contributed by atoms with Crippen molar-refractivity contribution in [2.75, 3.05) is 12.4 Å². The van der Waals surface area contributed by atoms with E-state index in [9.17, 15) is 8.78 Å². The van der Waals surface area contributed by atoms with Crippen LogP contribution in [0, 0.1) is 6.92 Å². The first-order valence-electron chi connectivity index (χ1n) is 6.55. The van der Waals surface area contributed by atoms with Crippen LogP contribution in [0.1, 0.15) is 10.4 Å².